The van der Waals surface area contributed by atoms with Gasteiger partial charge in [0.2, 0.25) is 0 Å². The molecule has 1 atom stereocenters. The molecule has 0 saturated carbocycles. The van der Waals surface area contributed by atoms with Crippen LogP contribution in [0.2, 0.25) is 0 Å². The summed E-state index contributed by atoms with van der Waals surface area (Å²) in [4.78, 5) is 5.99. The Balaban J connectivity index is 2.01. The molecule has 0 radical (unpaired) electrons. The molecule has 0 bridgehead atoms. The van der Waals surface area contributed by atoms with Crippen LogP contribution >= 0.6 is 11.3 Å². The van der Waals surface area contributed by atoms with Crippen molar-refractivity contribution in [2.75, 3.05) is 6.54 Å². The predicted octanol–water partition coefficient (Wildman–Crippen LogP) is 4.00. The summed E-state index contributed by atoms with van der Waals surface area (Å²) in [5, 5.41) is 4.07. The molecule has 0 amide bonds. The maximum absolute atomic E-state index is 14.1. The summed E-state index contributed by atoms with van der Waals surface area (Å²) in [7, 11) is 0. The van der Waals surface area contributed by atoms with Crippen molar-refractivity contribution in [1.82, 2.24) is 10.3 Å². The quantitative estimate of drug-likeness (QED) is 0.923. The van der Waals surface area contributed by atoms with Gasteiger partial charge in [0.05, 0.1) is 11.7 Å². The fourth-order valence-electron chi connectivity index (χ4n) is 2.77. The van der Waals surface area contributed by atoms with Crippen molar-refractivity contribution in [2.45, 2.75) is 38.6 Å². The molecule has 1 aliphatic rings. The molecule has 1 N–H and O–H groups in total. The Labute approximate surface area is 127 Å². The third kappa shape index (κ3) is 2.99. The van der Waals surface area contributed by atoms with Gasteiger partial charge in [-0.3, -0.25) is 0 Å². The molecule has 1 heterocycles. The number of halogens is 2. The van der Waals surface area contributed by atoms with E-state index in [1.807, 2.05) is 6.92 Å². The van der Waals surface area contributed by atoms with Crippen molar-refractivity contribution in [2.24, 2.45) is 0 Å². The van der Waals surface area contributed by atoms with E-state index in [1.54, 1.807) is 11.3 Å². The van der Waals surface area contributed by atoms with Crippen molar-refractivity contribution < 1.29 is 8.78 Å². The Morgan fingerprint density at radius 3 is 2.86 bits per heavy atom. The van der Waals surface area contributed by atoms with Crippen molar-refractivity contribution in [3.05, 3.63) is 51.0 Å². The lowest BCUT2D eigenvalue weighted by molar-refractivity contribution is 0.542. The minimum Gasteiger partial charge on any atom is -0.304 e. The van der Waals surface area contributed by atoms with E-state index in [0.717, 1.165) is 36.0 Å². The molecule has 1 aromatic heterocycles. The van der Waals surface area contributed by atoms with E-state index in [4.69, 9.17) is 0 Å². The van der Waals surface area contributed by atoms with Gasteiger partial charge in [-0.25, -0.2) is 13.8 Å². The van der Waals surface area contributed by atoms with Gasteiger partial charge in [0, 0.05) is 10.4 Å². The summed E-state index contributed by atoms with van der Waals surface area (Å²) in [5.74, 6) is -0.814. The predicted molar refractivity (Wildman–Crippen MR) is 80.6 cm³/mol. The van der Waals surface area contributed by atoms with E-state index in [1.165, 1.54) is 23.4 Å². The van der Waals surface area contributed by atoms with Crippen molar-refractivity contribution in [3.8, 4) is 0 Å². The second-order valence-electron chi connectivity index (χ2n) is 5.29. The highest BCUT2D eigenvalue weighted by molar-refractivity contribution is 7.11. The van der Waals surface area contributed by atoms with Crippen molar-refractivity contribution in [1.29, 1.82) is 0 Å². The molecule has 1 unspecified atom stereocenters. The van der Waals surface area contributed by atoms with Crippen LogP contribution in [0.4, 0.5) is 8.78 Å². The average Bonchev–Trinajstić information content (AvgIpc) is 2.91. The zero-order chi connectivity index (χ0) is 14.8. The highest BCUT2D eigenvalue weighted by Gasteiger charge is 2.24. The third-order valence-electron chi connectivity index (χ3n) is 3.79. The standard InChI is InChI=1S/C16H18F2N2S/c1-2-19-15(11-9-10(17)7-8-12(11)18)16-20-13-5-3-4-6-14(13)21-16/h7-9,15,19H,2-6H2,1H3. The first-order valence-corrected chi connectivity index (χ1v) is 8.17. The van der Waals surface area contributed by atoms with Crippen LogP contribution in [0.15, 0.2) is 18.2 Å². The molecule has 1 aromatic carbocycles. The third-order valence-corrected chi connectivity index (χ3v) is 5.01. The number of thiazole rings is 1. The van der Waals surface area contributed by atoms with E-state index in [-0.39, 0.29) is 6.04 Å². The van der Waals surface area contributed by atoms with E-state index in [9.17, 15) is 8.78 Å². The van der Waals surface area contributed by atoms with E-state index >= 15 is 0 Å². The fourth-order valence-corrected chi connectivity index (χ4v) is 4.01. The van der Waals surface area contributed by atoms with Crippen LogP contribution in [-0.2, 0) is 12.8 Å². The Morgan fingerprint density at radius 1 is 1.29 bits per heavy atom. The SMILES string of the molecule is CCNC(c1nc2c(s1)CCCC2)c1cc(F)ccc1F. The topological polar surface area (TPSA) is 24.9 Å². The van der Waals surface area contributed by atoms with Gasteiger partial charge in [0.1, 0.15) is 16.6 Å². The highest BCUT2D eigenvalue weighted by Crippen LogP contribution is 2.33. The van der Waals surface area contributed by atoms with Crippen LogP contribution in [0.1, 0.15) is 46.9 Å². The number of nitrogens with one attached hydrogen (secondary N) is 1. The van der Waals surface area contributed by atoms with Crippen LogP contribution < -0.4 is 5.32 Å². The zero-order valence-corrected chi connectivity index (χ0v) is 12.8. The number of hydrogen-bond donors (Lipinski definition) is 1. The number of rotatable bonds is 4. The van der Waals surface area contributed by atoms with Crippen LogP contribution in [0.3, 0.4) is 0 Å². The van der Waals surface area contributed by atoms with Crippen LogP contribution in [-0.4, -0.2) is 11.5 Å². The zero-order valence-electron chi connectivity index (χ0n) is 12.0. The number of hydrogen-bond acceptors (Lipinski definition) is 3. The first kappa shape index (κ1) is 14.6. The Hall–Kier alpha value is -1.33. The highest BCUT2D eigenvalue weighted by atomic mass is 32.1. The smallest absolute Gasteiger partial charge is 0.128 e. The normalized spacial score (nSPS) is 15.8. The van der Waals surface area contributed by atoms with Gasteiger partial charge in [0.15, 0.2) is 0 Å². The van der Waals surface area contributed by atoms with E-state index in [0.29, 0.717) is 12.1 Å². The maximum atomic E-state index is 14.1. The lowest BCUT2D eigenvalue weighted by Gasteiger charge is -2.16. The molecule has 1 aliphatic carbocycles. The Kier molecular flexibility index (Phi) is 4.31. The van der Waals surface area contributed by atoms with Crippen molar-refractivity contribution in [3.63, 3.8) is 0 Å². The monoisotopic (exact) mass is 308 g/mol. The molecule has 2 nitrogen and oxygen atoms in total. The molecule has 0 aliphatic heterocycles. The summed E-state index contributed by atoms with van der Waals surface area (Å²) in [5.41, 5.74) is 1.48. The van der Waals surface area contributed by atoms with Gasteiger partial charge < -0.3 is 5.32 Å². The Morgan fingerprint density at radius 2 is 2.10 bits per heavy atom. The molecular weight excluding hydrogens is 290 g/mol. The van der Waals surface area contributed by atoms with Crippen LogP contribution in [0, 0.1) is 11.6 Å². The summed E-state index contributed by atoms with van der Waals surface area (Å²) >= 11 is 1.63. The molecule has 0 saturated heterocycles. The maximum Gasteiger partial charge on any atom is 0.128 e. The van der Waals surface area contributed by atoms with Gasteiger partial charge >= 0.3 is 0 Å². The number of nitrogens with zero attached hydrogens (tertiary/aromatic N) is 1. The summed E-state index contributed by atoms with van der Waals surface area (Å²) in [6, 6.07) is 3.22. The van der Waals surface area contributed by atoms with E-state index < -0.39 is 11.6 Å². The molecule has 5 heteroatoms. The molecule has 3 rings (SSSR count). The molecule has 0 fully saturated rings. The minimum absolute atomic E-state index is 0.336. The number of aryl methyl sites for hydroxylation is 2. The van der Waals surface area contributed by atoms with Gasteiger partial charge in [-0.05, 0) is 50.4 Å². The average molecular weight is 308 g/mol. The Bertz CT molecular complexity index is 616. The molecule has 2 aromatic rings. The number of benzene rings is 1. The van der Waals surface area contributed by atoms with Crippen molar-refractivity contribution >= 4 is 11.3 Å². The molecular formula is C16H18F2N2S. The molecule has 21 heavy (non-hydrogen) atoms. The molecule has 0 spiro atoms. The molecule has 112 valence electrons. The fraction of sp³-hybridized carbons (Fsp3) is 0.438. The van der Waals surface area contributed by atoms with Crippen LogP contribution in [0.25, 0.3) is 0 Å². The van der Waals surface area contributed by atoms with Crippen LogP contribution in [0.5, 0.6) is 0 Å². The summed E-state index contributed by atoms with van der Waals surface area (Å²) < 4.78 is 27.6. The first-order valence-electron chi connectivity index (χ1n) is 7.36. The largest absolute Gasteiger partial charge is 0.304 e. The van der Waals surface area contributed by atoms with E-state index in [2.05, 4.69) is 10.3 Å². The van der Waals surface area contributed by atoms with Gasteiger partial charge in [-0.1, -0.05) is 6.92 Å². The first-order chi connectivity index (χ1) is 10.2. The van der Waals surface area contributed by atoms with Gasteiger partial charge in [-0.15, -0.1) is 11.3 Å². The number of fused-ring (bicyclic) bond motifs is 1. The lowest BCUT2D eigenvalue weighted by atomic mass is 10.0. The van der Waals surface area contributed by atoms with Gasteiger partial charge in [-0.2, -0.15) is 0 Å². The minimum atomic E-state index is -0.421. The second kappa shape index (κ2) is 6.20. The lowest BCUT2D eigenvalue weighted by Crippen LogP contribution is -2.23. The van der Waals surface area contributed by atoms with Gasteiger partial charge in [0.25, 0.3) is 0 Å². The summed E-state index contributed by atoms with van der Waals surface area (Å²) in [6.07, 6.45) is 4.40. The number of aromatic nitrogens is 1. The second-order valence-corrected chi connectivity index (χ2v) is 6.40. The summed E-state index contributed by atoms with van der Waals surface area (Å²) in [6.45, 7) is 2.63.